The van der Waals surface area contributed by atoms with E-state index in [1.165, 1.54) is 99.9 Å². The van der Waals surface area contributed by atoms with Crippen molar-refractivity contribution in [2.75, 3.05) is 0 Å². The van der Waals surface area contributed by atoms with Gasteiger partial charge in [0.1, 0.15) is 0 Å². The fraction of sp³-hybridized carbons (Fsp3) is 0.143. The van der Waals surface area contributed by atoms with Gasteiger partial charge in [0.2, 0.25) is 0 Å². The second-order valence-electron chi connectivity index (χ2n) is 14.0. The normalized spacial score (nSPS) is 15.3. The first-order chi connectivity index (χ1) is 24.6. The second-order valence-corrected chi connectivity index (χ2v) is 14.0. The molecule has 0 amide bonds. The van der Waals surface area contributed by atoms with Crippen LogP contribution >= 0.6 is 0 Å². The van der Waals surface area contributed by atoms with Crippen LogP contribution in [0, 0.1) is 0 Å². The molecule has 0 N–H and O–H groups in total. The zero-order valence-electron chi connectivity index (χ0n) is 28.7. The summed E-state index contributed by atoms with van der Waals surface area (Å²) in [6.07, 6.45) is 6.46. The van der Waals surface area contributed by atoms with Gasteiger partial charge in [0.15, 0.2) is 0 Å². The summed E-state index contributed by atoms with van der Waals surface area (Å²) < 4.78 is 9.12. The molecule has 2 aliphatic rings. The Morgan fingerprint density at radius 2 is 0.857 bits per heavy atom. The van der Waals surface area contributed by atoms with E-state index in [1.807, 2.05) is 0 Å². The molecule has 0 heteroatoms. The monoisotopic (exact) mass is 627 g/mol. The van der Waals surface area contributed by atoms with Gasteiger partial charge in [0.25, 0.3) is 0 Å². The van der Waals surface area contributed by atoms with E-state index in [0.29, 0.717) is 0 Å². The van der Waals surface area contributed by atoms with Crippen molar-refractivity contribution in [2.24, 2.45) is 0 Å². The third kappa shape index (κ3) is 4.73. The van der Waals surface area contributed by atoms with Crippen LogP contribution in [0.25, 0.3) is 76.8 Å². The Balaban J connectivity index is 1.02. The minimum Gasteiger partial charge on any atom is -0.0616 e. The van der Waals surface area contributed by atoms with Crippen molar-refractivity contribution in [1.29, 1.82) is 0 Å². The van der Waals surface area contributed by atoms with E-state index in [1.54, 1.807) is 0 Å². The lowest BCUT2D eigenvalue weighted by Gasteiger charge is -2.22. The molecule has 234 valence electrons. The van der Waals surface area contributed by atoms with Gasteiger partial charge in [-0.05, 0) is 131 Å². The Bertz CT molecular complexity index is 2570. The summed E-state index contributed by atoms with van der Waals surface area (Å²) in [5.41, 5.74) is 14.3. The summed E-state index contributed by atoms with van der Waals surface area (Å²) in [4.78, 5) is 0. The molecule has 0 aliphatic heterocycles. The van der Waals surface area contributed by atoms with Crippen LogP contribution in [0.3, 0.4) is 0 Å². The molecule has 49 heavy (non-hydrogen) atoms. The lowest BCUT2D eigenvalue weighted by atomic mass is 9.83. The minimum atomic E-state index is -0.426. The maximum atomic E-state index is 9.12. The third-order valence-corrected chi connectivity index (χ3v) is 11.3. The number of fused-ring (bicyclic) bond motifs is 9. The fourth-order valence-corrected chi connectivity index (χ4v) is 8.88. The molecule has 0 bridgehead atoms. The molecule has 0 unspecified atom stereocenters. The Morgan fingerprint density at radius 3 is 1.51 bits per heavy atom. The molecule has 1 fully saturated rings. The van der Waals surface area contributed by atoms with E-state index < -0.39 is 5.89 Å². The first-order valence-electron chi connectivity index (χ1n) is 18.4. The van der Waals surface area contributed by atoms with Gasteiger partial charge in [-0.2, -0.15) is 0 Å². The van der Waals surface area contributed by atoms with Gasteiger partial charge in [0.05, 0.1) is 0 Å². The first-order valence-corrected chi connectivity index (χ1v) is 17.9. The van der Waals surface area contributed by atoms with Crippen LogP contribution < -0.4 is 0 Å². The molecule has 0 heterocycles. The molecule has 10 rings (SSSR count). The molecular formula is C49H38. The van der Waals surface area contributed by atoms with Crippen LogP contribution in [0.1, 0.15) is 56.1 Å². The summed E-state index contributed by atoms with van der Waals surface area (Å²) >= 11 is 0. The molecule has 0 nitrogen and oxygen atoms in total. The van der Waals surface area contributed by atoms with Crippen LogP contribution in [0.2, 0.25) is 0 Å². The third-order valence-electron chi connectivity index (χ3n) is 11.3. The molecular weight excluding hydrogens is 589 g/mol. The molecule has 8 aromatic rings. The highest BCUT2D eigenvalue weighted by Crippen LogP contribution is 2.46. The Labute approximate surface area is 290 Å². The lowest BCUT2D eigenvalue weighted by Crippen LogP contribution is -2.04. The second kappa shape index (κ2) is 11.6. The van der Waals surface area contributed by atoms with Crippen molar-refractivity contribution >= 4 is 32.3 Å². The standard InChI is InChI=1S/C49H38/c1-2-11-32(12-3-1)33-23-25-34(26-24-33)38-19-9-21-44-45-22-10-20-39(49(45)31-48(38)44)37-14-8-13-35(29-37)36-27-28-46-42-17-5-4-15-40(42)41-16-6-7-18-43(41)47(46)30-36/h4-10,13-30,32H,1-3,11-12,31H2/i32D. The summed E-state index contributed by atoms with van der Waals surface area (Å²) in [6, 6.07) is 56.3. The Hall–Kier alpha value is -5.46. The number of rotatable bonds is 4. The van der Waals surface area contributed by atoms with Gasteiger partial charge in [-0.3, -0.25) is 0 Å². The highest BCUT2D eigenvalue weighted by molar-refractivity contribution is 6.25. The van der Waals surface area contributed by atoms with E-state index in [-0.39, 0.29) is 0 Å². The Morgan fingerprint density at radius 1 is 0.367 bits per heavy atom. The van der Waals surface area contributed by atoms with Crippen LogP contribution in [0.4, 0.5) is 0 Å². The van der Waals surface area contributed by atoms with Crippen LogP contribution in [0.15, 0.2) is 152 Å². The van der Waals surface area contributed by atoms with E-state index >= 15 is 0 Å². The van der Waals surface area contributed by atoms with Crippen molar-refractivity contribution in [3.8, 4) is 44.5 Å². The number of hydrogen-bond donors (Lipinski definition) is 0. The minimum absolute atomic E-state index is 0.426. The SMILES string of the molecule is [2H]C1(c2ccc(-c3cccc4c3Cc3c(-c5cccc(-c6ccc7c8ccccc8c8ccccc8c7c6)c5)cccc3-4)cc2)CCCCC1. The van der Waals surface area contributed by atoms with Crippen LogP contribution in [-0.2, 0) is 6.42 Å². The van der Waals surface area contributed by atoms with Gasteiger partial charge in [0, 0.05) is 1.37 Å². The van der Waals surface area contributed by atoms with Gasteiger partial charge in [-0.1, -0.05) is 159 Å². The molecule has 2 aliphatic carbocycles. The highest BCUT2D eigenvalue weighted by Gasteiger charge is 2.25. The highest BCUT2D eigenvalue weighted by atomic mass is 14.3. The number of hydrogen-bond acceptors (Lipinski definition) is 0. The molecule has 1 saturated carbocycles. The summed E-state index contributed by atoms with van der Waals surface area (Å²) in [5.74, 6) is -0.426. The van der Waals surface area contributed by atoms with Gasteiger partial charge in [-0.25, -0.2) is 0 Å². The van der Waals surface area contributed by atoms with Crippen molar-refractivity contribution in [1.82, 2.24) is 0 Å². The van der Waals surface area contributed by atoms with E-state index in [4.69, 9.17) is 1.37 Å². The molecule has 8 aromatic carbocycles. The van der Waals surface area contributed by atoms with Gasteiger partial charge < -0.3 is 0 Å². The quantitative estimate of drug-likeness (QED) is 0.170. The predicted octanol–water partition coefficient (Wildman–Crippen LogP) is 13.8. The summed E-state index contributed by atoms with van der Waals surface area (Å²) in [6.45, 7) is 0. The van der Waals surface area contributed by atoms with Gasteiger partial charge >= 0.3 is 0 Å². The van der Waals surface area contributed by atoms with E-state index in [9.17, 15) is 0 Å². The average molecular weight is 628 g/mol. The van der Waals surface area contributed by atoms with Gasteiger partial charge in [-0.15, -0.1) is 0 Å². The maximum absolute atomic E-state index is 9.12. The Kier molecular flexibility index (Phi) is 6.51. The van der Waals surface area contributed by atoms with E-state index in [0.717, 1.165) is 32.1 Å². The molecule has 0 spiro atoms. The topological polar surface area (TPSA) is 0 Å². The number of benzene rings is 8. The molecule has 0 saturated heterocycles. The smallest absolute Gasteiger partial charge is 0.0352 e. The van der Waals surface area contributed by atoms with Crippen molar-refractivity contribution in [3.05, 3.63) is 168 Å². The average Bonchev–Trinajstić information content (AvgIpc) is 3.58. The zero-order valence-corrected chi connectivity index (χ0v) is 27.7. The van der Waals surface area contributed by atoms with Crippen molar-refractivity contribution in [3.63, 3.8) is 0 Å². The largest absolute Gasteiger partial charge is 0.0616 e. The fourth-order valence-electron chi connectivity index (χ4n) is 8.88. The molecule has 0 aromatic heterocycles. The first kappa shape index (κ1) is 27.5. The summed E-state index contributed by atoms with van der Waals surface area (Å²) in [5, 5.41) is 7.83. The van der Waals surface area contributed by atoms with Crippen LogP contribution in [-0.4, -0.2) is 0 Å². The van der Waals surface area contributed by atoms with Crippen LogP contribution in [0.5, 0.6) is 0 Å². The predicted molar refractivity (Wildman–Crippen MR) is 209 cm³/mol. The van der Waals surface area contributed by atoms with Crippen molar-refractivity contribution < 1.29 is 1.37 Å². The van der Waals surface area contributed by atoms with E-state index in [2.05, 4.69) is 152 Å². The zero-order chi connectivity index (χ0) is 33.2. The summed E-state index contributed by atoms with van der Waals surface area (Å²) in [7, 11) is 0. The molecule has 0 radical (unpaired) electrons. The van der Waals surface area contributed by atoms with Crippen molar-refractivity contribution in [2.45, 2.75) is 44.4 Å². The lowest BCUT2D eigenvalue weighted by molar-refractivity contribution is 0.443. The molecule has 0 atom stereocenters. The maximum Gasteiger partial charge on any atom is 0.0352 e.